The zero-order valence-corrected chi connectivity index (χ0v) is 15.4. The van der Waals surface area contributed by atoms with Gasteiger partial charge in [0.05, 0.1) is 11.9 Å². The van der Waals surface area contributed by atoms with E-state index in [0.717, 1.165) is 50.4 Å². The molecule has 0 aliphatic carbocycles. The Bertz CT molecular complexity index is 696. The van der Waals surface area contributed by atoms with Gasteiger partial charge < -0.3 is 4.90 Å². The maximum atomic E-state index is 12.6. The van der Waals surface area contributed by atoms with E-state index in [1.807, 2.05) is 33.6 Å². The highest BCUT2D eigenvalue weighted by molar-refractivity contribution is 5.88. The molecule has 1 N–H and O–H groups in total. The van der Waals surface area contributed by atoms with Crippen molar-refractivity contribution in [3.63, 3.8) is 0 Å². The molecule has 2 aromatic heterocycles. The summed E-state index contributed by atoms with van der Waals surface area (Å²) in [7, 11) is 1.94. The van der Waals surface area contributed by atoms with Crippen molar-refractivity contribution in [3.8, 4) is 0 Å². The van der Waals surface area contributed by atoms with Crippen molar-refractivity contribution in [2.45, 2.75) is 45.6 Å². The summed E-state index contributed by atoms with van der Waals surface area (Å²) in [6, 6.07) is 3.90. The van der Waals surface area contributed by atoms with Crippen molar-refractivity contribution in [2.24, 2.45) is 13.0 Å². The van der Waals surface area contributed by atoms with Crippen LogP contribution in [-0.4, -0.2) is 43.6 Å². The molecule has 0 bridgehead atoms. The molecular weight excluding hydrogens is 316 g/mol. The molecule has 0 atom stereocenters. The summed E-state index contributed by atoms with van der Waals surface area (Å²) in [5.41, 5.74) is 1.13. The molecule has 1 aliphatic rings. The number of carbonyl (C=O) groups is 1. The van der Waals surface area contributed by atoms with Gasteiger partial charge in [-0.25, -0.2) is 9.48 Å². The fourth-order valence-corrected chi connectivity index (χ4v) is 3.22. The number of hydrogen-bond donors (Lipinski definition) is 1. The van der Waals surface area contributed by atoms with E-state index >= 15 is 0 Å². The zero-order valence-electron chi connectivity index (χ0n) is 15.4. The number of aromatic nitrogens is 4. The van der Waals surface area contributed by atoms with Crippen LogP contribution < -0.4 is 5.32 Å². The van der Waals surface area contributed by atoms with Crippen molar-refractivity contribution in [3.05, 3.63) is 30.2 Å². The first-order valence-corrected chi connectivity index (χ1v) is 9.10. The summed E-state index contributed by atoms with van der Waals surface area (Å²) < 4.78 is 3.71. The fraction of sp³-hybridized carbons (Fsp3) is 0.611. The molecule has 25 heavy (non-hydrogen) atoms. The molecule has 7 nitrogen and oxygen atoms in total. The summed E-state index contributed by atoms with van der Waals surface area (Å²) in [5, 5.41) is 11.8. The second kappa shape index (κ2) is 7.72. The second-order valence-electron chi connectivity index (χ2n) is 7.23. The van der Waals surface area contributed by atoms with Crippen molar-refractivity contribution < 1.29 is 4.79 Å². The summed E-state index contributed by atoms with van der Waals surface area (Å²) in [6.45, 7) is 6.71. The number of piperidine rings is 1. The van der Waals surface area contributed by atoms with Crippen LogP contribution in [0.15, 0.2) is 24.5 Å². The van der Waals surface area contributed by atoms with Gasteiger partial charge in [0.15, 0.2) is 0 Å². The molecule has 0 unspecified atom stereocenters. The van der Waals surface area contributed by atoms with Crippen LogP contribution in [0, 0.1) is 5.92 Å². The number of rotatable bonds is 5. The first-order valence-electron chi connectivity index (χ1n) is 9.10. The summed E-state index contributed by atoms with van der Waals surface area (Å²) in [6.07, 6.45) is 6.67. The van der Waals surface area contributed by atoms with E-state index in [2.05, 4.69) is 35.4 Å². The van der Waals surface area contributed by atoms with Gasteiger partial charge in [-0.1, -0.05) is 13.8 Å². The average Bonchev–Trinajstić information content (AvgIpc) is 3.22. The smallest absolute Gasteiger partial charge is 0.322 e. The van der Waals surface area contributed by atoms with E-state index in [1.165, 1.54) is 0 Å². The number of nitrogens with one attached hydrogen (secondary N) is 1. The number of anilines is 1. The molecule has 2 aromatic rings. The van der Waals surface area contributed by atoms with Gasteiger partial charge >= 0.3 is 6.03 Å². The number of amides is 2. The Morgan fingerprint density at radius 2 is 2.08 bits per heavy atom. The Balaban J connectivity index is 1.52. The third-order valence-corrected chi connectivity index (χ3v) is 4.80. The Labute approximate surface area is 149 Å². The quantitative estimate of drug-likeness (QED) is 0.906. The summed E-state index contributed by atoms with van der Waals surface area (Å²) in [5.74, 6) is 1.83. The third-order valence-electron chi connectivity index (χ3n) is 4.80. The van der Waals surface area contributed by atoms with Crippen molar-refractivity contribution in [1.29, 1.82) is 0 Å². The van der Waals surface area contributed by atoms with E-state index in [9.17, 15) is 4.79 Å². The molecule has 2 amide bonds. The molecule has 1 saturated heterocycles. The first-order chi connectivity index (χ1) is 12.0. The molecule has 0 spiro atoms. The molecule has 3 rings (SSSR count). The predicted octanol–water partition coefficient (Wildman–Crippen LogP) is 3.07. The lowest BCUT2D eigenvalue weighted by molar-refractivity contribution is 0.193. The minimum atomic E-state index is -0.0363. The standard InChI is InChI=1S/C18H28N6O/c1-14(2)5-13-24-17(4-9-19-24)20-18(25)23-11-6-15(7-12-23)16-8-10-22(3)21-16/h4,8-10,14-15H,5-7,11-13H2,1-3H3,(H,20,25). The van der Waals surface area contributed by atoms with E-state index in [0.29, 0.717) is 11.8 Å². The highest BCUT2D eigenvalue weighted by atomic mass is 16.2. The molecule has 7 heteroatoms. The molecule has 1 aliphatic heterocycles. The Morgan fingerprint density at radius 3 is 2.72 bits per heavy atom. The lowest BCUT2D eigenvalue weighted by Gasteiger charge is -2.31. The number of urea groups is 1. The van der Waals surface area contributed by atoms with E-state index < -0.39 is 0 Å². The van der Waals surface area contributed by atoms with Gasteiger partial charge in [-0.3, -0.25) is 10.00 Å². The Hall–Kier alpha value is -2.31. The van der Waals surface area contributed by atoms with Crippen LogP contribution in [0.5, 0.6) is 0 Å². The van der Waals surface area contributed by atoms with Gasteiger partial charge in [-0.05, 0) is 31.2 Å². The van der Waals surface area contributed by atoms with Gasteiger partial charge in [0.2, 0.25) is 0 Å². The second-order valence-corrected chi connectivity index (χ2v) is 7.23. The normalized spacial score (nSPS) is 15.8. The van der Waals surface area contributed by atoms with Gasteiger partial charge in [0.1, 0.15) is 5.82 Å². The van der Waals surface area contributed by atoms with Crippen LogP contribution >= 0.6 is 0 Å². The number of likely N-dealkylation sites (tertiary alicyclic amines) is 1. The SMILES string of the molecule is CC(C)CCn1nccc1NC(=O)N1CCC(c2ccn(C)n2)CC1. The highest BCUT2D eigenvalue weighted by Crippen LogP contribution is 2.27. The summed E-state index contributed by atoms with van der Waals surface area (Å²) in [4.78, 5) is 14.4. The molecule has 0 radical (unpaired) electrons. The lowest BCUT2D eigenvalue weighted by atomic mass is 9.94. The van der Waals surface area contributed by atoms with Gasteiger partial charge in [0, 0.05) is 44.9 Å². The zero-order chi connectivity index (χ0) is 17.8. The molecule has 3 heterocycles. The average molecular weight is 344 g/mol. The summed E-state index contributed by atoms with van der Waals surface area (Å²) >= 11 is 0. The Morgan fingerprint density at radius 1 is 1.32 bits per heavy atom. The number of carbonyl (C=O) groups excluding carboxylic acids is 1. The van der Waals surface area contributed by atoms with E-state index in [-0.39, 0.29) is 6.03 Å². The minimum absolute atomic E-state index is 0.0363. The predicted molar refractivity (Wildman–Crippen MR) is 97.5 cm³/mol. The monoisotopic (exact) mass is 344 g/mol. The molecular formula is C18H28N6O. The van der Waals surface area contributed by atoms with Crippen LogP contribution in [0.2, 0.25) is 0 Å². The molecule has 0 saturated carbocycles. The van der Waals surface area contributed by atoms with Crippen LogP contribution in [-0.2, 0) is 13.6 Å². The molecule has 136 valence electrons. The number of nitrogens with zero attached hydrogens (tertiary/aromatic N) is 5. The van der Waals surface area contributed by atoms with Crippen LogP contribution in [0.3, 0.4) is 0 Å². The van der Waals surface area contributed by atoms with Crippen molar-refractivity contribution >= 4 is 11.8 Å². The van der Waals surface area contributed by atoms with Crippen LogP contribution in [0.25, 0.3) is 0 Å². The minimum Gasteiger partial charge on any atom is -0.324 e. The molecule has 0 aromatic carbocycles. The van der Waals surface area contributed by atoms with Gasteiger partial charge in [-0.15, -0.1) is 0 Å². The lowest BCUT2D eigenvalue weighted by Crippen LogP contribution is -2.41. The van der Waals surface area contributed by atoms with Crippen molar-refractivity contribution in [2.75, 3.05) is 18.4 Å². The number of hydrogen-bond acceptors (Lipinski definition) is 3. The largest absolute Gasteiger partial charge is 0.324 e. The topological polar surface area (TPSA) is 68.0 Å². The Kier molecular flexibility index (Phi) is 5.40. The van der Waals surface area contributed by atoms with E-state index in [1.54, 1.807) is 6.20 Å². The first kappa shape index (κ1) is 17.5. The maximum Gasteiger partial charge on any atom is 0.322 e. The van der Waals surface area contributed by atoms with E-state index in [4.69, 9.17) is 0 Å². The fourth-order valence-electron chi connectivity index (χ4n) is 3.22. The number of aryl methyl sites for hydroxylation is 2. The van der Waals surface area contributed by atoms with Crippen LogP contribution in [0.4, 0.5) is 10.6 Å². The van der Waals surface area contributed by atoms with Gasteiger partial charge in [0.25, 0.3) is 0 Å². The highest BCUT2D eigenvalue weighted by Gasteiger charge is 2.25. The van der Waals surface area contributed by atoms with Crippen LogP contribution in [0.1, 0.15) is 44.7 Å². The molecule has 1 fully saturated rings. The van der Waals surface area contributed by atoms with Gasteiger partial charge in [-0.2, -0.15) is 10.2 Å². The third kappa shape index (κ3) is 4.41. The van der Waals surface area contributed by atoms with Crippen molar-refractivity contribution in [1.82, 2.24) is 24.5 Å². The maximum absolute atomic E-state index is 12.6.